The standard InChI is InChI=1S/C70H94N8O20/c1-36(2)26-38(5)54(81)31-43(27-37(3)4)68(94)77-51(12-8-10-24-71)56(83)28-39(6)65(91)76-52(21-23-62(88)89)57(84)30-42(15-22-61(86)87)67(93)75-40(7)55(82)32-44(33-60(72)85)69(95)78-53(64(73)90)13-9-11-25-74-66(92)41-14-18-47(50(29-41)70(96)97)63-48-19-16-45(79)34-58(48)98-59-35-46(80)17-20-49(59)63/h14,16-20,29,34-40,42-44,51-53,79H,8-13,15,21-28,30-33,71H2,1-7H3,(H2,72,85)(H2,73,90)(H,74,92)(H,75,93)(H,76,91)(H,77,94)(H,78,95)(H,86,87)(H,88,89)(H,96,97)/t38-,39+,40-,42+,43+,44-,51-,52-,53-/m0/s1. The maximum absolute atomic E-state index is 14.1. The molecule has 9 atom stereocenters. The van der Waals surface area contributed by atoms with Crippen molar-refractivity contribution in [3.63, 3.8) is 0 Å². The Morgan fingerprint density at radius 3 is 1.70 bits per heavy atom. The van der Waals surface area contributed by atoms with Crippen molar-refractivity contribution < 1.29 is 92.0 Å². The molecule has 0 bridgehead atoms. The van der Waals surface area contributed by atoms with Gasteiger partial charge in [-0.3, -0.25) is 67.1 Å². The molecule has 1 aliphatic carbocycles. The van der Waals surface area contributed by atoms with E-state index < -0.39 is 176 Å². The number of carboxylic acids is 3. The van der Waals surface area contributed by atoms with Gasteiger partial charge in [-0.2, -0.15) is 0 Å². The fraction of sp³-hybridized carbons (Fsp3) is 0.529. The zero-order chi connectivity index (χ0) is 73.2. The number of hydrogen-bond acceptors (Lipinski definition) is 18. The van der Waals surface area contributed by atoms with Crippen LogP contribution in [-0.4, -0.2) is 140 Å². The molecule has 28 nitrogen and oxygen atoms in total. The van der Waals surface area contributed by atoms with Crippen molar-refractivity contribution in [1.82, 2.24) is 26.6 Å². The van der Waals surface area contributed by atoms with Gasteiger partial charge in [0.2, 0.25) is 35.4 Å². The Balaban J connectivity index is 1.40. The Bertz CT molecular complexity index is 3600. The van der Waals surface area contributed by atoms with Gasteiger partial charge < -0.3 is 68.6 Å². The molecule has 2 aromatic carbocycles. The van der Waals surface area contributed by atoms with Gasteiger partial charge in [-0.15, -0.1) is 0 Å². The maximum atomic E-state index is 14.1. The van der Waals surface area contributed by atoms with E-state index in [-0.39, 0.29) is 101 Å². The van der Waals surface area contributed by atoms with Gasteiger partial charge in [0.25, 0.3) is 5.91 Å². The summed E-state index contributed by atoms with van der Waals surface area (Å²) in [5.41, 5.74) is 17.2. The Morgan fingerprint density at radius 1 is 0.520 bits per heavy atom. The Kier molecular flexibility index (Phi) is 32.0. The molecule has 4 rings (SSSR count). The predicted octanol–water partition coefficient (Wildman–Crippen LogP) is 5.10. The van der Waals surface area contributed by atoms with E-state index in [0.717, 1.165) is 0 Å². The zero-order valence-corrected chi connectivity index (χ0v) is 56.5. The second kappa shape index (κ2) is 38.9. The molecular weight excluding hydrogens is 1270 g/mol. The van der Waals surface area contributed by atoms with Crippen LogP contribution in [0, 0.1) is 41.4 Å². The van der Waals surface area contributed by atoms with E-state index in [1.54, 1.807) is 0 Å². The molecule has 2 aromatic rings. The van der Waals surface area contributed by atoms with Crippen molar-refractivity contribution in [2.24, 2.45) is 58.6 Å². The van der Waals surface area contributed by atoms with Gasteiger partial charge in [-0.1, -0.05) is 47.6 Å². The first kappa shape index (κ1) is 80.7. The molecule has 7 amide bonds. The molecule has 1 aliphatic heterocycles. The van der Waals surface area contributed by atoms with Crippen molar-refractivity contribution in [2.75, 3.05) is 13.1 Å². The number of rotatable bonds is 45. The summed E-state index contributed by atoms with van der Waals surface area (Å²) in [6.07, 6.45) is -2.67. The third kappa shape index (κ3) is 25.7. The number of Topliss-reactive ketones (excluding diaryl/α,β-unsaturated/α-hetero) is 4. The molecule has 28 heteroatoms. The lowest BCUT2D eigenvalue weighted by Gasteiger charge is -2.25. The largest absolute Gasteiger partial charge is 0.508 e. The minimum atomic E-state index is -1.58. The summed E-state index contributed by atoms with van der Waals surface area (Å²) in [4.78, 5) is 197. The van der Waals surface area contributed by atoms with Crippen LogP contribution < -0.4 is 49.2 Å². The first-order valence-electron chi connectivity index (χ1n) is 33.0. The summed E-state index contributed by atoms with van der Waals surface area (Å²) in [6.45, 7) is 12.5. The minimum absolute atomic E-state index is 0.0108. The van der Waals surface area contributed by atoms with E-state index in [0.29, 0.717) is 48.7 Å². The average Bonchev–Trinajstić information content (AvgIpc) is 0.748. The smallest absolute Gasteiger partial charge is 0.336 e. The molecular formula is C70H94N8O20. The second-order valence-electron chi connectivity index (χ2n) is 26.1. The average molecular weight is 1370 g/mol. The summed E-state index contributed by atoms with van der Waals surface area (Å²) in [6, 6.07) is 6.71. The molecule has 0 unspecified atom stereocenters. The van der Waals surface area contributed by atoms with Crippen LogP contribution in [0.5, 0.6) is 5.75 Å². The second-order valence-corrected chi connectivity index (χ2v) is 26.1. The van der Waals surface area contributed by atoms with Gasteiger partial charge in [0.1, 0.15) is 28.9 Å². The number of carbonyl (C=O) groups excluding carboxylic acids is 11. The van der Waals surface area contributed by atoms with Crippen LogP contribution >= 0.6 is 0 Å². The molecule has 1 heterocycles. The van der Waals surface area contributed by atoms with Crippen molar-refractivity contribution in [1.29, 1.82) is 0 Å². The summed E-state index contributed by atoms with van der Waals surface area (Å²) in [5, 5.41) is 52.9. The normalized spacial score (nSPS) is 14.1. The van der Waals surface area contributed by atoms with Crippen LogP contribution in [0.2, 0.25) is 0 Å². The fourth-order valence-corrected chi connectivity index (χ4v) is 11.6. The predicted molar refractivity (Wildman–Crippen MR) is 359 cm³/mol. The lowest BCUT2D eigenvalue weighted by Crippen LogP contribution is -2.49. The summed E-state index contributed by atoms with van der Waals surface area (Å²) in [7, 11) is 0. The topological polar surface area (TPSA) is 488 Å². The highest BCUT2D eigenvalue weighted by Gasteiger charge is 2.36. The SMILES string of the molecule is CC(C)C[C@H](CC(=O)[C@@H](C)CC(C)C)C(=O)N[C@@H](CCCCN)C(=O)C[C@@H](C)C(=O)N[C@@H](CCC(=O)O)C(=O)C[C@@H](CCC(=O)O)C(=O)N[C@@H](C)C(=O)C[C@@H](CC(N)=O)C(=O)N[C@@H](CCCCNC(=O)c1ccc(-c2c3ccc(=O)cc-3oc3cc(O)ccc23)c(C(=O)O)c1)C(N)=O. The number of amides is 7. The molecule has 0 saturated carbocycles. The molecule has 534 valence electrons. The highest BCUT2D eigenvalue weighted by Crippen LogP contribution is 2.42. The zero-order valence-electron chi connectivity index (χ0n) is 56.5. The highest BCUT2D eigenvalue weighted by atomic mass is 16.4. The number of nitrogens with one attached hydrogen (secondary N) is 5. The third-order valence-electron chi connectivity index (χ3n) is 16.9. The number of phenolic OH excluding ortho intramolecular Hbond substituents is 1. The Morgan fingerprint density at radius 2 is 1.08 bits per heavy atom. The van der Waals surface area contributed by atoms with E-state index in [1.165, 1.54) is 68.4 Å². The van der Waals surface area contributed by atoms with Crippen LogP contribution in [0.25, 0.3) is 33.4 Å². The van der Waals surface area contributed by atoms with Crippen LogP contribution in [0.4, 0.5) is 0 Å². The molecule has 0 spiro atoms. The van der Waals surface area contributed by atoms with Gasteiger partial charge >= 0.3 is 17.9 Å². The van der Waals surface area contributed by atoms with E-state index in [1.807, 2.05) is 34.6 Å². The molecule has 0 aromatic heterocycles. The number of ketones is 4. The number of unbranched alkanes of at least 4 members (excludes halogenated alkanes) is 2. The molecule has 0 radical (unpaired) electrons. The van der Waals surface area contributed by atoms with Gasteiger partial charge in [-0.05, 0) is 131 Å². The summed E-state index contributed by atoms with van der Waals surface area (Å²) >= 11 is 0. The first-order chi connectivity index (χ1) is 46.1. The molecule has 0 fully saturated rings. The quantitative estimate of drug-likeness (QED) is 0.0202. The number of aromatic carboxylic acids is 1. The van der Waals surface area contributed by atoms with Crippen molar-refractivity contribution in [3.8, 4) is 28.2 Å². The lowest BCUT2D eigenvalue weighted by atomic mass is 9.85. The third-order valence-corrected chi connectivity index (χ3v) is 16.9. The Labute approximate surface area is 567 Å². The maximum Gasteiger partial charge on any atom is 0.336 e. The number of nitrogens with two attached hydrogens (primary N) is 3. The van der Waals surface area contributed by atoms with Crippen molar-refractivity contribution >= 4 is 93.4 Å². The number of fused-ring (bicyclic) bond motifs is 2. The Hall–Kier alpha value is -9.73. The van der Waals surface area contributed by atoms with Gasteiger partial charge in [0.15, 0.2) is 22.8 Å². The van der Waals surface area contributed by atoms with Crippen LogP contribution in [-0.2, 0) is 57.5 Å². The number of carbonyl (C=O) groups is 14. The number of benzene rings is 3. The molecule has 0 saturated heterocycles. The van der Waals surface area contributed by atoms with Crippen molar-refractivity contribution in [2.45, 2.75) is 182 Å². The van der Waals surface area contributed by atoms with Crippen molar-refractivity contribution in [3.05, 3.63) is 75.9 Å². The summed E-state index contributed by atoms with van der Waals surface area (Å²) < 4.78 is 5.87. The molecule has 15 N–H and O–H groups in total. The van der Waals surface area contributed by atoms with E-state index >= 15 is 0 Å². The lowest BCUT2D eigenvalue weighted by molar-refractivity contribution is -0.140. The first-order valence-corrected chi connectivity index (χ1v) is 33.0. The van der Waals surface area contributed by atoms with E-state index in [9.17, 15) is 92.3 Å². The summed E-state index contributed by atoms with van der Waals surface area (Å²) in [5.74, 6) is -17.5. The number of hydrogen-bond donors (Lipinski definition) is 12. The molecule has 98 heavy (non-hydrogen) atoms. The highest BCUT2D eigenvalue weighted by molar-refractivity contribution is 6.09. The fourth-order valence-electron chi connectivity index (χ4n) is 11.6. The number of aliphatic carboxylic acids is 2. The number of primary amides is 2. The van der Waals surface area contributed by atoms with Gasteiger partial charge in [-0.25, -0.2) is 4.79 Å². The van der Waals surface area contributed by atoms with Crippen LogP contribution in [0.15, 0.2) is 63.8 Å². The number of carboxylic acid groups (broad SMARTS) is 3. The van der Waals surface area contributed by atoms with Crippen LogP contribution in [0.1, 0.15) is 178 Å². The molecule has 2 aliphatic rings. The van der Waals surface area contributed by atoms with Gasteiger partial charge in [0.05, 0.1) is 29.6 Å². The number of aromatic hydroxyl groups is 1. The number of phenols is 1. The van der Waals surface area contributed by atoms with E-state index in [4.69, 9.17) is 21.6 Å². The van der Waals surface area contributed by atoms with Gasteiger partial charge in [0, 0.05) is 109 Å². The monoisotopic (exact) mass is 1370 g/mol. The van der Waals surface area contributed by atoms with Crippen LogP contribution in [0.3, 0.4) is 0 Å². The van der Waals surface area contributed by atoms with E-state index in [2.05, 4.69) is 26.6 Å². The minimum Gasteiger partial charge on any atom is -0.508 e.